The van der Waals surface area contributed by atoms with Gasteiger partial charge in [0.05, 0.1) is 23.4 Å². The maximum atomic E-state index is 15.9. The van der Waals surface area contributed by atoms with Crippen molar-refractivity contribution >= 4 is 32.2 Å². The van der Waals surface area contributed by atoms with Gasteiger partial charge in [0, 0.05) is 17.1 Å². The van der Waals surface area contributed by atoms with Gasteiger partial charge in [0.2, 0.25) is 0 Å². The van der Waals surface area contributed by atoms with Crippen molar-refractivity contribution in [2.24, 2.45) is 23.2 Å². The maximum Gasteiger partial charge on any atom is 0.432 e. The lowest BCUT2D eigenvalue weighted by Crippen LogP contribution is -2.57. The molecule has 1 aromatic carbocycles. The standard InChI is InChI=1S/C34H45F5O7S2/c1-31(2,28(40)27-10-8-26(9-11-27)25-6-4-3-5-7-25)47(14-12-44-13-15-47)46-48(42,43)34(38,39)29(33(35,36)37)45-30(41)32-19-22-16-23(20-32)18-24(17-22)21-32/h8-11,22-25,29H,3-7,12-21H2,1-2H3. The Kier molecular flexibility index (Phi) is 9.59. The Hall–Kier alpha value is -1.77. The lowest BCUT2D eigenvalue weighted by Gasteiger charge is -2.55. The Bertz CT molecular complexity index is 1440. The maximum absolute atomic E-state index is 15.9. The molecule has 0 N–H and O–H groups in total. The van der Waals surface area contributed by atoms with Crippen molar-refractivity contribution < 1.29 is 53.1 Å². The SMILES string of the molecule is CC(C)(C(=O)c1ccc(C2CCCCC2)cc1)S1(OS(=O)(=O)C(F)(F)C(OC(=O)C23CC4CC(CC(C4)C2)C3)C(F)(F)F)CCOCC1. The molecule has 1 saturated heterocycles. The first kappa shape index (κ1) is 36.0. The van der Waals surface area contributed by atoms with E-state index in [1.807, 2.05) is 12.1 Å². The van der Waals surface area contributed by atoms with Gasteiger partial charge in [-0.3, -0.25) is 9.59 Å². The molecule has 7 nitrogen and oxygen atoms in total. The van der Waals surface area contributed by atoms with Crippen LogP contribution in [0.3, 0.4) is 0 Å². The molecule has 1 aliphatic heterocycles. The Morgan fingerprint density at radius 2 is 1.40 bits per heavy atom. The number of benzene rings is 1. The molecule has 1 unspecified atom stereocenters. The molecule has 0 spiro atoms. The highest BCUT2D eigenvalue weighted by molar-refractivity contribution is 8.34. The third-order valence-electron chi connectivity index (χ3n) is 11.7. The molecule has 6 fully saturated rings. The van der Waals surface area contributed by atoms with E-state index in [0.717, 1.165) is 50.5 Å². The molecule has 7 rings (SSSR count). The number of rotatable bonds is 10. The number of alkyl halides is 5. The second kappa shape index (κ2) is 12.8. The van der Waals surface area contributed by atoms with Crippen LogP contribution in [0.5, 0.6) is 0 Å². The van der Waals surface area contributed by atoms with Crippen molar-refractivity contribution in [1.29, 1.82) is 0 Å². The summed E-state index contributed by atoms with van der Waals surface area (Å²) in [7, 11) is -9.81. The van der Waals surface area contributed by atoms with Gasteiger partial charge in [-0.25, -0.2) is 3.63 Å². The Morgan fingerprint density at radius 3 is 1.90 bits per heavy atom. The fourth-order valence-electron chi connectivity index (χ4n) is 9.38. The first-order valence-electron chi connectivity index (χ1n) is 17.0. The minimum Gasteiger partial charge on any atom is -0.444 e. The lowest BCUT2D eigenvalue weighted by atomic mass is 9.49. The molecular formula is C34H45F5O7S2. The third-order valence-corrected chi connectivity index (χ3v) is 18.0. The Morgan fingerprint density at radius 1 is 0.875 bits per heavy atom. The normalized spacial score (nSPS) is 30.9. The van der Waals surface area contributed by atoms with Crippen molar-refractivity contribution in [2.45, 2.75) is 113 Å². The molecular weight excluding hydrogens is 679 g/mol. The molecule has 0 radical (unpaired) electrons. The zero-order valence-corrected chi connectivity index (χ0v) is 29.0. The minimum atomic E-state index is -6.42. The Balaban J connectivity index is 1.26. The number of ketones is 1. The van der Waals surface area contributed by atoms with Gasteiger partial charge in [-0.15, -0.1) is 0 Å². The van der Waals surface area contributed by atoms with Crippen molar-refractivity contribution in [3.8, 4) is 0 Å². The molecule has 4 bridgehead atoms. The second-order valence-corrected chi connectivity index (χ2v) is 20.7. The molecule has 6 aliphatic rings. The predicted molar refractivity (Wildman–Crippen MR) is 170 cm³/mol. The van der Waals surface area contributed by atoms with E-state index in [4.69, 9.17) is 8.37 Å². The summed E-state index contributed by atoms with van der Waals surface area (Å²) in [5.74, 6) is -1.90. The zero-order chi connectivity index (χ0) is 34.8. The van der Waals surface area contributed by atoms with Gasteiger partial charge >= 0.3 is 27.5 Å². The van der Waals surface area contributed by atoms with E-state index >= 15 is 8.78 Å². The van der Waals surface area contributed by atoms with Crippen molar-refractivity contribution in [3.05, 3.63) is 35.4 Å². The summed E-state index contributed by atoms with van der Waals surface area (Å²) >= 11 is 0. The van der Waals surface area contributed by atoms with E-state index in [1.165, 1.54) is 20.3 Å². The number of carbonyl (C=O) groups excluding carboxylic acids is 2. The first-order chi connectivity index (χ1) is 22.4. The Labute approximate surface area is 280 Å². The molecule has 1 atom stereocenters. The summed E-state index contributed by atoms with van der Waals surface area (Å²) in [5.41, 5.74) is -0.0622. The van der Waals surface area contributed by atoms with E-state index in [-0.39, 0.29) is 67.3 Å². The average Bonchev–Trinajstić information content (AvgIpc) is 3.02. The molecule has 1 heterocycles. The van der Waals surface area contributed by atoms with Crippen LogP contribution < -0.4 is 0 Å². The summed E-state index contributed by atoms with van der Waals surface area (Å²) in [6.45, 7) is 2.48. The number of Topliss-reactive ketones (excluding diaryl/α,β-unsaturated/α-hetero) is 1. The first-order valence-corrected chi connectivity index (χ1v) is 20.3. The van der Waals surface area contributed by atoms with Gasteiger partial charge in [-0.2, -0.15) is 30.4 Å². The molecule has 1 aromatic rings. The summed E-state index contributed by atoms with van der Waals surface area (Å²) in [6, 6.07) is 6.91. The predicted octanol–water partition coefficient (Wildman–Crippen LogP) is 8.08. The van der Waals surface area contributed by atoms with Crippen LogP contribution in [0.15, 0.2) is 24.3 Å². The number of esters is 1. The van der Waals surface area contributed by atoms with Crippen LogP contribution in [0.25, 0.3) is 0 Å². The third kappa shape index (κ3) is 6.45. The van der Waals surface area contributed by atoms with Crippen LogP contribution in [0.1, 0.15) is 106 Å². The van der Waals surface area contributed by atoms with Crippen molar-refractivity contribution in [2.75, 3.05) is 24.7 Å². The summed E-state index contributed by atoms with van der Waals surface area (Å²) in [6.07, 6.45) is -1.53. The number of carbonyl (C=O) groups is 2. The molecule has 0 amide bonds. The number of halogens is 5. The van der Waals surface area contributed by atoms with E-state index in [0.29, 0.717) is 5.92 Å². The van der Waals surface area contributed by atoms with Gasteiger partial charge in [0.15, 0.2) is 5.78 Å². The minimum absolute atomic E-state index is 0.0981. The topological polar surface area (TPSA) is 96.0 Å². The molecule has 14 heteroatoms. The van der Waals surface area contributed by atoms with E-state index in [2.05, 4.69) is 4.74 Å². The van der Waals surface area contributed by atoms with Gasteiger partial charge in [0.25, 0.3) is 6.10 Å². The fraction of sp³-hybridized carbons (Fsp3) is 0.765. The summed E-state index contributed by atoms with van der Waals surface area (Å²) in [4.78, 5) is 27.4. The van der Waals surface area contributed by atoms with E-state index in [1.54, 1.807) is 12.1 Å². The van der Waals surface area contributed by atoms with Crippen LogP contribution in [0.2, 0.25) is 0 Å². The summed E-state index contributed by atoms with van der Waals surface area (Å²) < 4.78 is 115. The van der Waals surface area contributed by atoms with Crippen LogP contribution in [-0.4, -0.2) is 67.2 Å². The molecule has 0 aromatic heterocycles. The second-order valence-electron chi connectivity index (χ2n) is 15.2. The highest BCUT2D eigenvalue weighted by atomic mass is 32.3. The molecule has 270 valence electrons. The van der Waals surface area contributed by atoms with Crippen LogP contribution in [0.4, 0.5) is 22.0 Å². The number of ether oxygens (including phenoxy) is 2. The van der Waals surface area contributed by atoms with Gasteiger partial charge in [0.1, 0.15) is 0 Å². The number of hydrogen-bond acceptors (Lipinski definition) is 7. The zero-order valence-electron chi connectivity index (χ0n) is 27.4. The smallest absolute Gasteiger partial charge is 0.432 e. The monoisotopic (exact) mass is 724 g/mol. The van der Waals surface area contributed by atoms with Gasteiger partial charge < -0.3 is 9.47 Å². The van der Waals surface area contributed by atoms with Crippen LogP contribution in [-0.2, 0) is 28.0 Å². The van der Waals surface area contributed by atoms with E-state index < -0.39 is 59.9 Å². The van der Waals surface area contributed by atoms with Crippen LogP contribution in [0, 0.1) is 23.2 Å². The molecule has 5 saturated carbocycles. The van der Waals surface area contributed by atoms with Crippen molar-refractivity contribution in [1.82, 2.24) is 0 Å². The average molecular weight is 725 g/mol. The largest absolute Gasteiger partial charge is 0.444 e. The van der Waals surface area contributed by atoms with E-state index in [9.17, 15) is 31.2 Å². The van der Waals surface area contributed by atoms with Crippen LogP contribution >= 0.6 is 10.3 Å². The highest BCUT2D eigenvalue weighted by Crippen LogP contribution is 2.65. The fourth-order valence-corrected chi connectivity index (χ4v) is 15.2. The van der Waals surface area contributed by atoms with Crippen molar-refractivity contribution in [3.63, 3.8) is 0 Å². The lowest BCUT2D eigenvalue weighted by molar-refractivity contribution is -0.266. The summed E-state index contributed by atoms with van der Waals surface area (Å²) in [5, 5.41) is -5.69. The molecule has 48 heavy (non-hydrogen) atoms. The molecule has 5 aliphatic carbocycles. The quantitative estimate of drug-likeness (QED) is 0.137. The van der Waals surface area contributed by atoms with Gasteiger partial charge in [-0.05, 0) is 94.4 Å². The highest BCUT2D eigenvalue weighted by Gasteiger charge is 2.70. The number of hydrogen-bond donors (Lipinski definition) is 0. The van der Waals surface area contributed by atoms with Gasteiger partial charge in [-0.1, -0.05) is 53.8 Å².